The van der Waals surface area contributed by atoms with Gasteiger partial charge in [-0.25, -0.2) is 0 Å². The van der Waals surface area contributed by atoms with Gasteiger partial charge in [0.1, 0.15) is 0 Å². The zero-order valence-electron chi connectivity index (χ0n) is 20.6. The van der Waals surface area contributed by atoms with Gasteiger partial charge in [-0.1, -0.05) is 30.2 Å². The van der Waals surface area contributed by atoms with Crippen molar-refractivity contribution in [1.82, 2.24) is 10.2 Å². The highest BCUT2D eigenvalue weighted by atomic mass is 35.5. The Hall–Kier alpha value is -2.79. The second kappa shape index (κ2) is 13.8. The van der Waals surface area contributed by atoms with E-state index in [0.29, 0.717) is 22.7 Å². The predicted molar refractivity (Wildman–Crippen MR) is 131 cm³/mol. The largest absolute Gasteiger partial charge is 0.481 e. The van der Waals surface area contributed by atoms with Crippen molar-refractivity contribution in [3.63, 3.8) is 0 Å². The zero-order valence-corrected chi connectivity index (χ0v) is 21.4. The number of hydrogen-bond acceptors (Lipinski definition) is 3. The van der Waals surface area contributed by atoms with Crippen molar-refractivity contribution in [2.75, 3.05) is 20.1 Å². The fourth-order valence-corrected chi connectivity index (χ4v) is 3.99. The maximum absolute atomic E-state index is 13.1. The summed E-state index contributed by atoms with van der Waals surface area (Å²) in [6.07, 6.45) is -6.27. The monoisotopic (exact) mass is 566 g/mol. The second-order valence-electron chi connectivity index (χ2n) is 8.94. The summed E-state index contributed by atoms with van der Waals surface area (Å²) in [7, 11) is 1.21. The molecule has 0 aliphatic carbocycles. The lowest BCUT2D eigenvalue weighted by molar-refractivity contribution is -0.143. The summed E-state index contributed by atoms with van der Waals surface area (Å²) in [5, 5.41) is 12.7. The highest BCUT2D eigenvalue weighted by Gasteiger charge is 2.38. The third-order valence-corrected chi connectivity index (χ3v) is 6.24. The van der Waals surface area contributed by atoms with E-state index in [0.717, 1.165) is 4.90 Å². The van der Waals surface area contributed by atoms with Crippen LogP contribution in [0, 0.1) is 0 Å². The summed E-state index contributed by atoms with van der Waals surface area (Å²) in [6.45, 7) is 2.50. The molecule has 0 aromatic heterocycles. The van der Waals surface area contributed by atoms with Crippen molar-refractivity contribution < 1.29 is 41.0 Å². The van der Waals surface area contributed by atoms with Gasteiger partial charge in [-0.05, 0) is 74.7 Å². The van der Waals surface area contributed by atoms with E-state index in [2.05, 4.69) is 5.32 Å². The van der Waals surface area contributed by atoms with Crippen molar-refractivity contribution in [2.24, 2.45) is 0 Å². The third-order valence-electron chi connectivity index (χ3n) is 5.99. The van der Waals surface area contributed by atoms with Crippen LogP contribution >= 0.6 is 11.6 Å². The highest BCUT2D eigenvalue weighted by Crippen LogP contribution is 2.36. The van der Waals surface area contributed by atoms with Gasteiger partial charge < -0.3 is 15.3 Å². The zero-order chi connectivity index (χ0) is 28.5. The second-order valence-corrected chi connectivity index (χ2v) is 9.37. The molecule has 1 fully saturated rings. The van der Waals surface area contributed by atoms with Crippen LogP contribution < -0.4 is 5.32 Å². The van der Waals surface area contributed by atoms with Crippen LogP contribution in [-0.4, -0.2) is 48.1 Å². The van der Waals surface area contributed by atoms with Gasteiger partial charge in [-0.15, -0.1) is 0 Å². The predicted octanol–water partition coefficient (Wildman–Crippen LogP) is 6.69. The number of hydrogen-bond donors (Lipinski definition) is 2. The molecule has 1 aliphatic heterocycles. The van der Waals surface area contributed by atoms with E-state index >= 15 is 0 Å². The number of carboxylic acid groups (broad SMARTS) is 1. The number of nitrogens with one attached hydrogen (secondary N) is 1. The van der Waals surface area contributed by atoms with Crippen LogP contribution in [0.25, 0.3) is 0 Å². The van der Waals surface area contributed by atoms with Gasteiger partial charge in [0.15, 0.2) is 0 Å². The molecule has 2 N–H and O–H groups in total. The molecule has 2 aromatic carbocycles. The molecule has 1 amide bonds. The Balaban J connectivity index is 0.000000739. The lowest BCUT2D eigenvalue weighted by Crippen LogP contribution is -2.39. The Morgan fingerprint density at radius 2 is 1.47 bits per heavy atom. The number of carbonyl (C=O) groups excluding carboxylic acids is 1. The maximum atomic E-state index is 13.1. The first-order chi connectivity index (χ1) is 17.7. The maximum Gasteiger partial charge on any atom is 0.416 e. The number of piperidine rings is 1. The van der Waals surface area contributed by atoms with E-state index < -0.39 is 47.0 Å². The molecule has 2 aromatic rings. The number of rotatable bonds is 7. The van der Waals surface area contributed by atoms with Crippen LogP contribution in [0.15, 0.2) is 42.5 Å². The number of aliphatic carboxylic acids is 1. The molecule has 0 radical (unpaired) electrons. The lowest BCUT2D eigenvalue weighted by atomic mass is 9.98. The molecule has 0 saturated carbocycles. The molecule has 0 bridgehead atoms. The standard InChI is InChI=1S/C21H18ClF6NO3.C5H11N/c1-29(17(6-7-18(30)31)8-12-2-4-16(22)5-3-12)19(32)13-9-14(20(23,24)25)11-15(10-13)21(26,27)28;1-2-4-6-5-3-1/h2-5,9-11,17H,6-8H2,1H3,(H,30,31);6H,1-5H2. The number of nitrogens with zero attached hydrogens (tertiary/aromatic N) is 1. The number of benzene rings is 2. The molecule has 1 saturated heterocycles. The average Bonchev–Trinajstić information content (AvgIpc) is 2.87. The van der Waals surface area contributed by atoms with Crippen LogP contribution in [0.1, 0.15) is 59.2 Å². The van der Waals surface area contributed by atoms with Crippen LogP contribution in [0.3, 0.4) is 0 Å². The molecule has 1 unspecified atom stereocenters. The topological polar surface area (TPSA) is 69.6 Å². The molecular weight excluding hydrogens is 538 g/mol. The number of halogens is 7. The number of carbonyl (C=O) groups is 2. The molecule has 1 atom stereocenters. The summed E-state index contributed by atoms with van der Waals surface area (Å²) >= 11 is 5.82. The van der Waals surface area contributed by atoms with Gasteiger partial charge in [0.2, 0.25) is 0 Å². The first-order valence-corrected chi connectivity index (χ1v) is 12.3. The van der Waals surface area contributed by atoms with Gasteiger partial charge >= 0.3 is 18.3 Å². The summed E-state index contributed by atoms with van der Waals surface area (Å²) < 4.78 is 78.7. The van der Waals surface area contributed by atoms with Crippen molar-refractivity contribution in [2.45, 2.75) is 56.9 Å². The van der Waals surface area contributed by atoms with E-state index in [1.807, 2.05) is 0 Å². The van der Waals surface area contributed by atoms with Gasteiger partial charge in [0.25, 0.3) is 5.91 Å². The fraction of sp³-hybridized carbons (Fsp3) is 0.462. The molecule has 38 heavy (non-hydrogen) atoms. The van der Waals surface area contributed by atoms with Gasteiger partial charge in [0, 0.05) is 30.1 Å². The third kappa shape index (κ3) is 10.2. The Kier molecular flexibility index (Phi) is 11.4. The van der Waals surface area contributed by atoms with E-state index in [4.69, 9.17) is 16.7 Å². The SMILES string of the molecule is C1CCNCC1.CN(C(=O)c1cc(C(F)(F)F)cc(C(F)(F)F)c1)C(CCC(=O)O)Cc1ccc(Cl)cc1. The minimum Gasteiger partial charge on any atom is -0.481 e. The van der Waals surface area contributed by atoms with Crippen molar-refractivity contribution in [1.29, 1.82) is 0 Å². The van der Waals surface area contributed by atoms with Crippen molar-refractivity contribution in [3.05, 3.63) is 69.7 Å². The molecule has 1 aliphatic rings. The van der Waals surface area contributed by atoms with Gasteiger partial charge in [-0.2, -0.15) is 26.3 Å². The minimum absolute atomic E-state index is 0.0631. The first kappa shape index (κ1) is 31.4. The molecule has 3 rings (SSSR count). The van der Waals surface area contributed by atoms with E-state index in [1.54, 1.807) is 24.3 Å². The normalized spacial score (nSPS) is 14.7. The summed E-state index contributed by atoms with van der Waals surface area (Å²) in [6, 6.07) is 6.22. The molecule has 5 nitrogen and oxygen atoms in total. The molecule has 210 valence electrons. The van der Waals surface area contributed by atoms with Crippen LogP contribution in [0.4, 0.5) is 26.3 Å². The molecular formula is C26H29ClF6N2O3. The fourth-order valence-electron chi connectivity index (χ4n) is 3.86. The number of amides is 1. The van der Waals surface area contributed by atoms with E-state index in [-0.39, 0.29) is 25.3 Å². The Bertz CT molecular complexity index is 1030. The molecule has 12 heteroatoms. The number of alkyl halides is 6. The van der Waals surface area contributed by atoms with E-state index in [1.165, 1.54) is 39.4 Å². The molecule has 1 heterocycles. The first-order valence-electron chi connectivity index (χ1n) is 11.9. The summed E-state index contributed by atoms with van der Waals surface area (Å²) in [5.74, 6) is -2.25. The Morgan fingerprint density at radius 1 is 0.947 bits per heavy atom. The lowest BCUT2D eigenvalue weighted by Gasteiger charge is -2.29. The average molecular weight is 567 g/mol. The smallest absolute Gasteiger partial charge is 0.416 e. The number of likely N-dealkylation sites (N-methyl/N-ethyl adjacent to an activating group) is 1. The highest BCUT2D eigenvalue weighted by molar-refractivity contribution is 6.30. The van der Waals surface area contributed by atoms with Crippen LogP contribution in [-0.2, 0) is 23.6 Å². The number of carboxylic acids is 1. The van der Waals surface area contributed by atoms with Crippen molar-refractivity contribution in [3.8, 4) is 0 Å². The summed E-state index contributed by atoms with van der Waals surface area (Å²) in [5.41, 5.74) is -3.36. The Morgan fingerprint density at radius 3 is 1.87 bits per heavy atom. The van der Waals surface area contributed by atoms with Gasteiger partial charge in [-0.3, -0.25) is 9.59 Å². The minimum atomic E-state index is -5.10. The Labute approximate surface area is 221 Å². The van der Waals surface area contributed by atoms with Crippen molar-refractivity contribution >= 4 is 23.5 Å². The van der Waals surface area contributed by atoms with E-state index in [9.17, 15) is 35.9 Å². The van der Waals surface area contributed by atoms with Crippen LogP contribution in [0.2, 0.25) is 5.02 Å². The quantitative estimate of drug-likeness (QED) is 0.367. The van der Waals surface area contributed by atoms with Crippen LogP contribution in [0.5, 0.6) is 0 Å². The molecule has 0 spiro atoms. The van der Waals surface area contributed by atoms with Gasteiger partial charge in [0.05, 0.1) is 11.1 Å². The summed E-state index contributed by atoms with van der Waals surface area (Å²) in [4.78, 5) is 24.8.